The maximum Gasteiger partial charge on any atom is 0.269 e. The molecule has 6 nitrogen and oxygen atoms in total. The van der Waals surface area contributed by atoms with Crippen LogP contribution in [0.1, 0.15) is 22.5 Å². The summed E-state index contributed by atoms with van der Waals surface area (Å²) in [4.78, 5) is 29.3. The van der Waals surface area contributed by atoms with Crippen LogP contribution >= 0.6 is 11.8 Å². The van der Waals surface area contributed by atoms with E-state index in [9.17, 15) is 9.59 Å². The number of nitrogens with two attached hydrogens (primary N) is 1. The van der Waals surface area contributed by atoms with Crippen molar-refractivity contribution in [2.45, 2.75) is 6.42 Å². The predicted molar refractivity (Wildman–Crippen MR) is 88.3 cm³/mol. The molecule has 22 heavy (non-hydrogen) atoms. The number of aromatic amines is 1. The number of hydrogen-bond donors (Lipinski definition) is 3. The van der Waals surface area contributed by atoms with Crippen molar-refractivity contribution in [1.82, 2.24) is 9.97 Å². The van der Waals surface area contributed by atoms with Crippen molar-refractivity contribution in [3.8, 4) is 0 Å². The van der Waals surface area contributed by atoms with Crippen molar-refractivity contribution < 1.29 is 9.59 Å². The third-order valence-electron chi connectivity index (χ3n) is 2.75. The molecule has 0 aliphatic rings. The minimum Gasteiger partial charge on any atom is -0.364 e. The van der Waals surface area contributed by atoms with Crippen LogP contribution < -0.4 is 11.1 Å². The average molecular weight is 316 g/mol. The Morgan fingerprint density at radius 2 is 2.09 bits per heavy atom. The van der Waals surface area contributed by atoms with Crippen LogP contribution in [0.2, 0.25) is 0 Å². The normalized spacial score (nSPS) is 10.7. The van der Waals surface area contributed by atoms with E-state index in [2.05, 4.69) is 15.3 Å². The second kappa shape index (κ2) is 8.04. The highest BCUT2D eigenvalue weighted by Crippen LogP contribution is 2.12. The maximum absolute atomic E-state index is 11.8. The number of rotatable bonds is 7. The van der Waals surface area contributed by atoms with E-state index in [1.807, 2.05) is 41.8 Å². The lowest BCUT2D eigenvalue weighted by Gasteiger charge is -2.02. The number of hydrogen-bond acceptors (Lipinski definition) is 4. The van der Waals surface area contributed by atoms with E-state index < -0.39 is 5.91 Å². The molecule has 1 aromatic heterocycles. The molecule has 4 N–H and O–H groups in total. The van der Waals surface area contributed by atoms with Gasteiger partial charge in [-0.2, -0.15) is 0 Å². The maximum atomic E-state index is 11.8. The van der Waals surface area contributed by atoms with Crippen molar-refractivity contribution in [1.29, 1.82) is 0 Å². The zero-order chi connectivity index (χ0) is 15.8. The summed E-state index contributed by atoms with van der Waals surface area (Å²) in [5.74, 6) is -0.0728. The molecular formula is C15H16N4O2S. The number of thioether (sulfide) groups is 1. The van der Waals surface area contributed by atoms with Crippen LogP contribution in [0, 0.1) is 0 Å². The van der Waals surface area contributed by atoms with E-state index in [1.54, 1.807) is 0 Å². The number of carbonyl (C=O) groups excluding carboxylic acids is 2. The van der Waals surface area contributed by atoms with Crippen LogP contribution in [0.4, 0.5) is 5.82 Å². The number of aromatic nitrogens is 2. The monoisotopic (exact) mass is 316 g/mol. The number of nitrogens with one attached hydrogen (secondary N) is 2. The van der Waals surface area contributed by atoms with Gasteiger partial charge in [-0.15, -0.1) is 11.8 Å². The average Bonchev–Trinajstić information content (AvgIpc) is 2.96. The van der Waals surface area contributed by atoms with Crippen LogP contribution in [-0.2, 0) is 4.79 Å². The van der Waals surface area contributed by atoms with Gasteiger partial charge >= 0.3 is 0 Å². The van der Waals surface area contributed by atoms with Crippen molar-refractivity contribution in [2.24, 2.45) is 5.73 Å². The molecule has 0 aliphatic heterocycles. The zero-order valence-corrected chi connectivity index (χ0v) is 12.6. The molecule has 1 aromatic carbocycles. The fraction of sp³-hybridized carbons (Fsp3) is 0.133. The number of imidazole rings is 1. The molecule has 2 rings (SSSR count). The fourth-order valence-corrected chi connectivity index (χ4v) is 2.37. The van der Waals surface area contributed by atoms with E-state index in [4.69, 9.17) is 5.73 Å². The van der Waals surface area contributed by atoms with Crippen LogP contribution in [0.15, 0.2) is 42.1 Å². The number of benzene rings is 1. The first-order valence-electron chi connectivity index (χ1n) is 6.63. The van der Waals surface area contributed by atoms with Gasteiger partial charge in [0, 0.05) is 12.2 Å². The summed E-state index contributed by atoms with van der Waals surface area (Å²) in [5.41, 5.74) is 6.37. The number of nitrogens with zero attached hydrogens (tertiary/aromatic N) is 1. The molecule has 0 atom stereocenters. The Bertz CT molecular complexity index is 667. The predicted octanol–water partition coefficient (Wildman–Crippen LogP) is 2.24. The van der Waals surface area contributed by atoms with E-state index in [-0.39, 0.29) is 17.4 Å². The van der Waals surface area contributed by atoms with Gasteiger partial charge in [0.25, 0.3) is 5.91 Å². The minimum absolute atomic E-state index is 0.102. The Labute approximate surface area is 132 Å². The fourth-order valence-electron chi connectivity index (χ4n) is 1.68. The van der Waals surface area contributed by atoms with Gasteiger partial charge in [0.05, 0.1) is 6.33 Å². The van der Waals surface area contributed by atoms with Gasteiger partial charge in [0.2, 0.25) is 5.91 Å². The van der Waals surface area contributed by atoms with E-state index in [0.29, 0.717) is 12.2 Å². The van der Waals surface area contributed by atoms with Crippen LogP contribution in [0.5, 0.6) is 0 Å². The quantitative estimate of drug-likeness (QED) is 0.682. The molecule has 0 saturated carbocycles. The van der Waals surface area contributed by atoms with Crippen molar-refractivity contribution in [3.05, 3.63) is 53.3 Å². The molecular weight excluding hydrogens is 300 g/mol. The second-order valence-corrected chi connectivity index (χ2v) is 5.39. The number of primary amides is 1. The summed E-state index contributed by atoms with van der Waals surface area (Å²) >= 11 is 1.54. The summed E-state index contributed by atoms with van der Waals surface area (Å²) in [7, 11) is 0. The standard InChI is InChI=1S/C15H16N4O2S/c16-14(21)13-15(18-10-17-13)19-12(20)7-9-22-8-6-11-4-2-1-3-5-11/h1-6,8,10H,7,9H2,(H2,16,21)(H,17,18)(H,19,20)/b8-6-. The first-order valence-corrected chi connectivity index (χ1v) is 7.68. The summed E-state index contributed by atoms with van der Waals surface area (Å²) < 4.78 is 0. The summed E-state index contributed by atoms with van der Waals surface area (Å²) in [6.07, 6.45) is 3.61. The number of amides is 2. The SMILES string of the molecule is NC(=O)c1[nH]cnc1NC(=O)CCS/C=C\c1ccccc1. The Balaban J connectivity index is 1.73. The molecule has 2 aromatic rings. The van der Waals surface area contributed by atoms with Gasteiger partial charge < -0.3 is 16.0 Å². The molecule has 0 unspecified atom stereocenters. The first kappa shape index (κ1) is 15.8. The zero-order valence-electron chi connectivity index (χ0n) is 11.8. The van der Waals surface area contributed by atoms with E-state index in [0.717, 1.165) is 5.56 Å². The van der Waals surface area contributed by atoms with Crippen LogP contribution in [-0.4, -0.2) is 27.5 Å². The van der Waals surface area contributed by atoms with Crippen LogP contribution in [0.3, 0.4) is 0 Å². The summed E-state index contributed by atoms with van der Waals surface area (Å²) in [5, 5.41) is 4.51. The Morgan fingerprint density at radius 1 is 1.32 bits per heavy atom. The lowest BCUT2D eigenvalue weighted by Crippen LogP contribution is -2.18. The molecule has 7 heteroatoms. The summed E-state index contributed by atoms with van der Waals surface area (Å²) in [6.45, 7) is 0. The smallest absolute Gasteiger partial charge is 0.269 e. The van der Waals surface area contributed by atoms with Crippen molar-refractivity contribution >= 4 is 35.5 Å². The Morgan fingerprint density at radius 3 is 2.82 bits per heavy atom. The van der Waals surface area contributed by atoms with Gasteiger partial charge in [0.1, 0.15) is 5.69 Å². The Kier molecular flexibility index (Phi) is 5.79. The largest absolute Gasteiger partial charge is 0.364 e. The lowest BCUT2D eigenvalue weighted by molar-refractivity contribution is -0.115. The molecule has 114 valence electrons. The molecule has 1 heterocycles. The molecule has 2 amide bonds. The van der Waals surface area contributed by atoms with Crippen molar-refractivity contribution in [2.75, 3.05) is 11.1 Å². The molecule has 0 saturated heterocycles. The number of anilines is 1. The third kappa shape index (κ3) is 4.78. The lowest BCUT2D eigenvalue weighted by atomic mass is 10.2. The molecule has 0 fully saturated rings. The highest BCUT2D eigenvalue weighted by molar-refractivity contribution is 8.02. The van der Waals surface area contributed by atoms with Gasteiger partial charge in [-0.05, 0) is 17.0 Å². The van der Waals surface area contributed by atoms with Gasteiger partial charge in [-0.3, -0.25) is 9.59 Å². The second-order valence-electron chi connectivity index (χ2n) is 4.37. The highest BCUT2D eigenvalue weighted by Gasteiger charge is 2.13. The number of H-pyrrole nitrogens is 1. The third-order valence-corrected chi connectivity index (χ3v) is 3.52. The van der Waals surface area contributed by atoms with Gasteiger partial charge in [-0.25, -0.2) is 4.98 Å². The van der Waals surface area contributed by atoms with Gasteiger partial charge in [-0.1, -0.05) is 30.3 Å². The minimum atomic E-state index is -0.659. The summed E-state index contributed by atoms with van der Waals surface area (Å²) in [6, 6.07) is 9.92. The molecule has 0 radical (unpaired) electrons. The van der Waals surface area contributed by atoms with E-state index in [1.165, 1.54) is 18.1 Å². The molecule has 0 spiro atoms. The van der Waals surface area contributed by atoms with Crippen LogP contribution in [0.25, 0.3) is 6.08 Å². The highest BCUT2D eigenvalue weighted by atomic mass is 32.2. The molecule has 0 bridgehead atoms. The number of carbonyl (C=O) groups is 2. The molecule has 0 aliphatic carbocycles. The van der Waals surface area contributed by atoms with E-state index >= 15 is 0 Å². The van der Waals surface area contributed by atoms with Gasteiger partial charge in [0.15, 0.2) is 5.82 Å². The topological polar surface area (TPSA) is 101 Å². The Hall–Kier alpha value is -2.54. The van der Waals surface area contributed by atoms with Crippen molar-refractivity contribution in [3.63, 3.8) is 0 Å². The first-order chi connectivity index (χ1) is 10.7.